The van der Waals surface area contributed by atoms with E-state index in [2.05, 4.69) is 46.4 Å². The monoisotopic (exact) mass is 155 g/mol. The minimum atomic E-state index is 0.373. The van der Waals surface area contributed by atoms with Crippen LogP contribution in [0.15, 0.2) is 0 Å². The molecule has 1 fully saturated rings. The van der Waals surface area contributed by atoms with Crippen molar-refractivity contribution >= 4 is 0 Å². The number of hydrogen-bond acceptors (Lipinski definition) is 1. The van der Waals surface area contributed by atoms with E-state index < -0.39 is 0 Å². The Hall–Kier alpha value is -0.0400. The second kappa shape index (κ2) is 2.22. The summed E-state index contributed by atoms with van der Waals surface area (Å²) in [5.41, 5.74) is 0.839. The largest absolute Gasteiger partial charge is 0.292 e. The SMILES string of the molecule is CC(C)(C)C1CN1C(C)(C)C. The maximum atomic E-state index is 2.56. The van der Waals surface area contributed by atoms with Crippen LogP contribution in [0.4, 0.5) is 0 Å². The van der Waals surface area contributed by atoms with Crippen LogP contribution in [0.3, 0.4) is 0 Å². The average Bonchev–Trinajstić information content (AvgIpc) is 2.30. The third-order valence-corrected chi connectivity index (χ3v) is 2.47. The molecule has 1 nitrogen and oxygen atoms in total. The Morgan fingerprint density at radius 1 is 1.00 bits per heavy atom. The van der Waals surface area contributed by atoms with Crippen LogP contribution >= 0.6 is 0 Å². The average molecular weight is 155 g/mol. The molecule has 1 rings (SSSR count). The van der Waals surface area contributed by atoms with Crippen LogP contribution in [0, 0.1) is 5.41 Å². The molecule has 1 heteroatoms. The normalized spacial score (nSPS) is 32.2. The lowest BCUT2D eigenvalue weighted by atomic mass is 9.91. The lowest BCUT2D eigenvalue weighted by Crippen LogP contribution is -2.31. The molecule has 0 aromatic rings. The van der Waals surface area contributed by atoms with Gasteiger partial charge in [0.2, 0.25) is 0 Å². The fraction of sp³-hybridized carbons (Fsp3) is 1.00. The summed E-state index contributed by atoms with van der Waals surface area (Å²) in [5, 5.41) is 0. The van der Waals surface area contributed by atoms with E-state index in [1.165, 1.54) is 6.54 Å². The zero-order chi connectivity index (χ0) is 8.86. The topological polar surface area (TPSA) is 3.01 Å². The summed E-state index contributed by atoms with van der Waals surface area (Å²) < 4.78 is 0. The second-order valence-electron chi connectivity index (χ2n) is 5.71. The minimum absolute atomic E-state index is 0.373. The highest BCUT2D eigenvalue weighted by molar-refractivity contribution is 5.03. The fourth-order valence-electron chi connectivity index (χ4n) is 1.62. The van der Waals surface area contributed by atoms with Crippen molar-refractivity contribution in [3.63, 3.8) is 0 Å². The van der Waals surface area contributed by atoms with Crippen molar-refractivity contribution < 1.29 is 0 Å². The van der Waals surface area contributed by atoms with Crippen LogP contribution in [-0.4, -0.2) is 23.0 Å². The lowest BCUT2D eigenvalue weighted by Gasteiger charge is -2.26. The van der Waals surface area contributed by atoms with E-state index in [9.17, 15) is 0 Å². The third-order valence-electron chi connectivity index (χ3n) is 2.47. The maximum Gasteiger partial charge on any atom is 0.0277 e. The first kappa shape index (κ1) is 9.05. The van der Waals surface area contributed by atoms with Crippen LogP contribution in [0.1, 0.15) is 41.5 Å². The molecule has 0 aliphatic carbocycles. The van der Waals surface area contributed by atoms with Crippen molar-refractivity contribution in [3.05, 3.63) is 0 Å². The standard InChI is InChI=1S/C10H21N/c1-9(2,3)8-7-11(8)10(4,5)6/h8H,7H2,1-6H3. The predicted molar refractivity (Wildman–Crippen MR) is 49.7 cm³/mol. The third kappa shape index (κ3) is 1.96. The van der Waals surface area contributed by atoms with Crippen LogP contribution in [0.25, 0.3) is 0 Å². The molecule has 0 aromatic carbocycles. The Morgan fingerprint density at radius 2 is 1.45 bits per heavy atom. The highest BCUT2D eigenvalue weighted by atomic mass is 15.4. The van der Waals surface area contributed by atoms with Gasteiger partial charge in [-0.1, -0.05) is 20.8 Å². The molecule has 66 valence electrons. The molecule has 1 heterocycles. The van der Waals surface area contributed by atoms with Gasteiger partial charge in [0.25, 0.3) is 0 Å². The van der Waals surface area contributed by atoms with Gasteiger partial charge >= 0.3 is 0 Å². The van der Waals surface area contributed by atoms with E-state index in [4.69, 9.17) is 0 Å². The van der Waals surface area contributed by atoms with Crippen LogP contribution in [0.2, 0.25) is 0 Å². The van der Waals surface area contributed by atoms with Gasteiger partial charge in [-0.25, -0.2) is 0 Å². The van der Waals surface area contributed by atoms with Crippen molar-refractivity contribution in [2.75, 3.05) is 6.54 Å². The fourth-order valence-corrected chi connectivity index (χ4v) is 1.62. The van der Waals surface area contributed by atoms with Crippen molar-refractivity contribution in [2.45, 2.75) is 53.1 Å². The molecule has 11 heavy (non-hydrogen) atoms. The zero-order valence-electron chi connectivity index (χ0n) is 8.73. The highest BCUT2D eigenvalue weighted by Gasteiger charge is 2.47. The Morgan fingerprint density at radius 3 is 1.55 bits per heavy atom. The van der Waals surface area contributed by atoms with E-state index in [0.717, 1.165) is 6.04 Å². The van der Waals surface area contributed by atoms with Gasteiger partial charge in [0.15, 0.2) is 0 Å². The summed E-state index contributed by atoms with van der Waals surface area (Å²) in [6.07, 6.45) is 0. The Balaban J connectivity index is 2.51. The molecule has 0 spiro atoms. The van der Waals surface area contributed by atoms with Crippen molar-refractivity contribution in [1.82, 2.24) is 4.90 Å². The summed E-state index contributed by atoms with van der Waals surface area (Å²) in [4.78, 5) is 2.56. The minimum Gasteiger partial charge on any atom is -0.292 e. The van der Waals surface area contributed by atoms with Crippen molar-refractivity contribution in [3.8, 4) is 0 Å². The van der Waals surface area contributed by atoms with E-state index >= 15 is 0 Å². The summed E-state index contributed by atoms with van der Waals surface area (Å²) >= 11 is 0. The Labute approximate surface area is 70.8 Å². The molecule has 1 saturated heterocycles. The van der Waals surface area contributed by atoms with E-state index in [1.54, 1.807) is 0 Å². The molecule has 2 unspecified atom stereocenters. The summed E-state index contributed by atoms with van der Waals surface area (Å²) in [5.74, 6) is 0. The molecule has 2 atom stereocenters. The van der Waals surface area contributed by atoms with Gasteiger partial charge in [-0.05, 0) is 26.2 Å². The molecule has 1 aliphatic heterocycles. The van der Waals surface area contributed by atoms with Gasteiger partial charge in [-0.3, -0.25) is 4.90 Å². The summed E-state index contributed by atoms with van der Waals surface area (Å²) in [6.45, 7) is 15.1. The van der Waals surface area contributed by atoms with Crippen molar-refractivity contribution in [1.29, 1.82) is 0 Å². The van der Waals surface area contributed by atoms with Gasteiger partial charge in [0, 0.05) is 18.1 Å². The first-order valence-electron chi connectivity index (χ1n) is 4.49. The quantitative estimate of drug-likeness (QED) is 0.486. The number of hydrogen-bond donors (Lipinski definition) is 0. The molecule has 1 aliphatic rings. The molecule has 0 radical (unpaired) electrons. The second-order valence-corrected chi connectivity index (χ2v) is 5.71. The molecule has 0 amide bonds. The Bertz CT molecular complexity index is 129. The maximum absolute atomic E-state index is 2.56. The van der Waals surface area contributed by atoms with Crippen molar-refractivity contribution in [2.24, 2.45) is 5.41 Å². The van der Waals surface area contributed by atoms with Gasteiger partial charge in [0.05, 0.1) is 0 Å². The molecule has 0 saturated carbocycles. The molecular formula is C10H21N. The van der Waals surface area contributed by atoms with Gasteiger partial charge in [-0.15, -0.1) is 0 Å². The van der Waals surface area contributed by atoms with Gasteiger partial charge in [0.1, 0.15) is 0 Å². The molecule has 0 bridgehead atoms. The predicted octanol–water partition coefficient (Wildman–Crippen LogP) is 2.52. The van der Waals surface area contributed by atoms with E-state index in [-0.39, 0.29) is 0 Å². The van der Waals surface area contributed by atoms with Gasteiger partial charge in [-0.2, -0.15) is 0 Å². The number of nitrogens with zero attached hydrogens (tertiary/aromatic N) is 1. The van der Waals surface area contributed by atoms with E-state index in [0.29, 0.717) is 11.0 Å². The van der Waals surface area contributed by atoms with Gasteiger partial charge < -0.3 is 0 Å². The first-order valence-corrected chi connectivity index (χ1v) is 4.49. The molecule has 0 N–H and O–H groups in total. The summed E-state index contributed by atoms with van der Waals surface area (Å²) in [7, 11) is 0. The Kier molecular flexibility index (Phi) is 1.83. The lowest BCUT2D eigenvalue weighted by molar-refractivity contribution is 0.229. The van der Waals surface area contributed by atoms with Crippen LogP contribution in [-0.2, 0) is 0 Å². The zero-order valence-corrected chi connectivity index (χ0v) is 8.73. The molecule has 0 aromatic heterocycles. The van der Waals surface area contributed by atoms with Crippen LogP contribution < -0.4 is 0 Å². The highest BCUT2D eigenvalue weighted by Crippen LogP contribution is 2.39. The smallest absolute Gasteiger partial charge is 0.0277 e. The molecular weight excluding hydrogens is 134 g/mol. The number of rotatable bonds is 0. The van der Waals surface area contributed by atoms with Crippen LogP contribution in [0.5, 0.6) is 0 Å². The summed E-state index contributed by atoms with van der Waals surface area (Å²) in [6, 6.07) is 0.808. The first-order chi connectivity index (χ1) is 4.73. The van der Waals surface area contributed by atoms with E-state index in [1.807, 2.05) is 0 Å².